The van der Waals surface area contributed by atoms with Crippen molar-refractivity contribution in [1.29, 1.82) is 0 Å². The Morgan fingerprint density at radius 3 is 2.25 bits per heavy atom. The van der Waals surface area contributed by atoms with Crippen molar-refractivity contribution in [3.63, 3.8) is 0 Å². The molecule has 112 valence electrons. The maximum absolute atomic E-state index is 11.9. The van der Waals surface area contributed by atoms with Crippen molar-refractivity contribution < 1.29 is 23.4 Å². The third kappa shape index (κ3) is 2.53. The van der Waals surface area contributed by atoms with Crippen molar-refractivity contribution in [2.75, 3.05) is 30.0 Å². The quantitative estimate of drug-likeness (QED) is 0.641. The fourth-order valence-corrected chi connectivity index (χ4v) is 4.80. The van der Waals surface area contributed by atoms with Crippen LogP contribution in [-0.4, -0.2) is 56.0 Å². The zero-order valence-electron chi connectivity index (χ0n) is 11.0. The first-order valence-electron chi connectivity index (χ1n) is 5.87. The monoisotopic (exact) mass is 320 g/mol. The highest BCUT2D eigenvalue weighted by Crippen LogP contribution is 2.42. The highest BCUT2D eigenvalue weighted by molar-refractivity contribution is 7.91. The number of rotatable bonds is 3. The lowest BCUT2D eigenvalue weighted by molar-refractivity contribution is 0.0572. The third-order valence-corrected chi connectivity index (χ3v) is 5.77. The Morgan fingerprint density at radius 2 is 1.85 bits per heavy atom. The molecule has 1 saturated heterocycles. The van der Waals surface area contributed by atoms with Gasteiger partial charge in [-0.1, -0.05) is 0 Å². The van der Waals surface area contributed by atoms with Crippen molar-refractivity contribution in [2.45, 2.75) is 24.0 Å². The summed E-state index contributed by atoms with van der Waals surface area (Å²) in [7, 11) is -3.62. The van der Waals surface area contributed by atoms with Gasteiger partial charge >= 0.3 is 0 Å². The summed E-state index contributed by atoms with van der Waals surface area (Å²) in [6.45, 7) is 1.51. The molecule has 0 bridgehead atoms. The van der Waals surface area contributed by atoms with Gasteiger partial charge in [-0.3, -0.25) is 4.79 Å². The number of aliphatic hydroxyl groups is 2. The number of β-amino-alcohol motifs (C(OH)–C–C–N with tert-alkyl or cyclic N) is 2. The Bertz CT molecular complexity index is 642. The molecule has 0 amide bonds. The number of hydrogen-bond acceptors (Lipinski definition) is 8. The van der Waals surface area contributed by atoms with E-state index in [0.717, 1.165) is 17.6 Å². The minimum atomic E-state index is -3.62. The first-order chi connectivity index (χ1) is 9.12. The Kier molecular flexibility index (Phi) is 3.80. The first-order valence-corrected chi connectivity index (χ1v) is 8.58. The number of anilines is 2. The van der Waals surface area contributed by atoms with E-state index in [2.05, 4.69) is 0 Å². The maximum Gasteiger partial charge on any atom is 0.180 e. The molecule has 2 atom stereocenters. The van der Waals surface area contributed by atoms with Gasteiger partial charge in [-0.15, -0.1) is 11.3 Å². The van der Waals surface area contributed by atoms with E-state index in [9.17, 15) is 23.4 Å². The van der Waals surface area contributed by atoms with Crippen molar-refractivity contribution in [3.05, 3.63) is 4.88 Å². The number of hydrogen-bond donors (Lipinski definition) is 3. The summed E-state index contributed by atoms with van der Waals surface area (Å²) in [5.41, 5.74) is 5.73. The summed E-state index contributed by atoms with van der Waals surface area (Å²) in [6.07, 6.45) is -0.889. The lowest BCUT2D eigenvalue weighted by Crippen LogP contribution is -2.22. The number of carbonyl (C=O) groups is 1. The van der Waals surface area contributed by atoms with E-state index in [0.29, 0.717) is 5.00 Å². The van der Waals surface area contributed by atoms with Gasteiger partial charge in [0.15, 0.2) is 15.6 Å². The van der Waals surface area contributed by atoms with Crippen LogP contribution in [0.2, 0.25) is 0 Å². The number of ketones is 1. The van der Waals surface area contributed by atoms with E-state index in [4.69, 9.17) is 5.73 Å². The predicted molar refractivity (Wildman–Crippen MR) is 76.1 cm³/mol. The van der Waals surface area contributed by atoms with E-state index < -0.39 is 22.0 Å². The van der Waals surface area contributed by atoms with Gasteiger partial charge in [0.25, 0.3) is 0 Å². The van der Waals surface area contributed by atoms with E-state index in [1.807, 2.05) is 0 Å². The number of sulfone groups is 1. The summed E-state index contributed by atoms with van der Waals surface area (Å²) in [4.78, 5) is 13.1. The van der Waals surface area contributed by atoms with Crippen LogP contribution in [0.15, 0.2) is 4.90 Å². The van der Waals surface area contributed by atoms with Gasteiger partial charge in [0, 0.05) is 26.3 Å². The van der Waals surface area contributed by atoms with E-state index in [1.54, 1.807) is 4.90 Å². The Labute approximate surface area is 120 Å². The lowest BCUT2D eigenvalue weighted by atomic mass is 10.3. The molecule has 7 nitrogen and oxygen atoms in total. The minimum absolute atomic E-state index is 0.0594. The van der Waals surface area contributed by atoms with Crippen LogP contribution in [0, 0.1) is 0 Å². The zero-order chi connectivity index (χ0) is 15.2. The second-order valence-electron chi connectivity index (χ2n) is 4.85. The summed E-state index contributed by atoms with van der Waals surface area (Å²) < 4.78 is 23.8. The first kappa shape index (κ1) is 15.2. The normalized spacial score (nSPS) is 23.3. The van der Waals surface area contributed by atoms with Gasteiger partial charge < -0.3 is 20.8 Å². The molecule has 1 aromatic rings. The van der Waals surface area contributed by atoms with Crippen LogP contribution < -0.4 is 10.6 Å². The van der Waals surface area contributed by atoms with E-state index >= 15 is 0 Å². The van der Waals surface area contributed by atoms with Gasteiger partial charge in [-0.25, -0.2) is 8.42 Å². The molecule has 1 aromatic heterocycles. The molecule has 2 heterocycles. The number of aliphatic hydroxyl groups excluding tert-OH is 2. The SMILES string of the molecule is CC(=O)c1sc(N2CC(O)C(O)C2)c(S(C)(=O)=O)c1N. The Balaban J connectivity index is 2.58. The van der Waals surface area contributed by atoms with Crippen LogP contribution in [0.3, 0.4) is 0 Å². The van der Waals surface area contributed by atoms with Crippen LogP contribution >= 0.6 is 11.3 Å². The van der Waals surface area contributed by atoms with Crippen molar-refractivity contribution in [1.82, 2.24) is 0 Å². The van der Waals surface area contributed by atoms with Crippen molar-refractivity contribution in [3.8, 4) is 0 Å². The molecule has 0 aromatic carbocycles. The fourth-order valence-electron chi connectivity index (χ4n) is 2.18. The molecule has 0 aliphatic carbocycles. The molecule has 20 heavy (non-hydrogen) atoms. The minimum Gasteiger partial charge on any atom is -0.396 e. The van der Waals surface area contributed by atoms with Crippen molar-refractivity contribution in [2.24, 2.45) is 0 Å². The van der Waals surface area contributed by atoms with Crippen LogP contribution in [0.4, 0.5) is 10.7 Å². The van der Waals surface area contributed by atoms with Gasteiger partial charge in [-0.05, 0) is 0 Å². The largest absolute Gasteiger partial charge is 0.396 e. The number of carbonyl (C=O) groups excluding carboxylic acids is 1. The standard InChI is InChI=1S/C11H16N2O5S2/c1-5(14)9-8(12)10(20(2,17)18)11(19-9)13-3-6(15)7(16)4-13/h6-7,15-16H,3-4,12H2,1-2H3. The molecule has 0 radical (unpaired) electrons. The highest BCUT2D eigenvalue weighted by atomic mass is 32.2. The molecule has 0 saturated carbocycles. The van der Waals surface area contributed by atoms with E-state index in [-0.39, 0.29) is 34.3 Å². The number of thiophene rings is 1. The summed E-state index contributed by atoms with van der Waals surface area (Å²) in [6, 6.07) is 0. The summed E-state index contributed by atoms with van der Waals surface area (Å²) >= 11 is 0.972. The molecule has 0 spiro atoms. The van der Waals surface area contributed by atoms with E-state index in [1.165, 1.54) is 6.92 Å². The molecule has 1 fully saturated rings. The second-order valence-corrected chi connectivity index (χ2v) is 7.80. The molecule has 2 unspecified atom stereocenters. The van der Waals surface area contributed by atoms with Gasteiger partial charge in [0.2, 0.25) is 0 Å². The lowest BCUT2D eigenvalue weighted by Gasteiger charge is -2.16. The van der Waals surface area contributed by atoms with Crippen LogP contribution in [-0.2, 0) is 9.84 Å². The molecular formula is C11H16N2O5S2. The fraction of sp³-hybridized carbons (Fsp3) is 0.545. The Morgan fingerprint density at radius 1 is 1.35 bits per heavy atom. The van der Waals surface area contributed by atoms with Crippen LogP contribution in [0.25, 0.3) is 0 Å². The van der Waals surface area contributed by atoms with Gasteiger partial charge in [0.05, 0.1) is 22.8 Å². The molecule has 2 rings (SSSR count). The topological polar surface area (TPSA) is 121 Å². The average Bonchev–Trinajstić information content (AvgIpc) is 2.79. The third-order valence-electron chi connectivity index (χ3n) is 3.12. The smallest absolute Gasteiger partial charge is 0.180 e. The Hall–Kier alpha value is -1.16. The zero-order valence-corrected chi connectivity index (χ0v) is 12.7. The summed E-state index contributed by atoms with van der Waals surface area (Å²) in [5.74, 6) is -0.316. The molecule has 9 heteroatoms. The van der Waals surface area contributed by atoms with Crippen LogP contribution in [0.1, 0.15) is 16.6 Å². The predicted octanol–water partition coefficient (Wildman–Crippen LogP) is -0.522. The molecule has 1 aliphatic rings. The highest BCUT2D eigenvalue weighted by Gasteiger charge is 2.35. The van der Waals surface area contributed by atoms with Crippen molar-refractivity contribution >= 4 is 37.6 Å². The maximum atomic E-state index is 11.9. The second kappa shape index (κ2) is 4.99. The van der Waals surface area contributed by atoms with Gasteiger partial charge in [-0.2, -0.15) is 0 Å². The average molecular weight is 320 g/mol. The number of nitrogens with zero attached hydrogens (tertiary/aromatic N) is 1. The molecule has 4 N–H and O–H groups in total. The summed E-state index contributed by atoms with van der Waals surface area (Å²) in [5, 5.41) is 19.4. The van der Waals surface area contributed by atoms with Crippen LogP contribution in [0.5, 0.6) is 0 Å². The molecule has 1 aliphatic heterocycles. The van der Waals surface area contributed by atoms with Gasteiger partial charge in [0.1, 0.15) is 9.90 Å². The number of nitrogens with two attached hydrogens (primary N) is 1. The molecular weight excluding hydrogens is 304 g/mol. The number of nitrogen functional groups attached to an aromatic ring is 1. The number of Topliss-reactive ketones (excluding diaryl/α,β-unsaturated/α-hetero) is 1.